The molecule has 0 bridgehead atoms. The first-order valence-electron chi connectivity index (χ1n) is 3.64. The van der Waals surface area contributed by atoms with E-state index in [-0.39, 0.29) is 0 Å². The average Bonchev–Trinajstić information content (AvgIpc) is 2.16. The molecule has 0 aromatic carbocycles. The number of hydrogen-bond acceptors (Lipinski definition) is 6. The molecule has 0 radical (unpaired) electrons. The molecular formula is C7H10N2O2S2. The molecule has 0 saturated heterocycles. The van der Waals surface area contributed by atoms with Gasteiger partial charge in [0.05, 0.1) is 12.4 Å². The highest BCUT2D eigenvalue weighted by molar-refractivity contribution is 8.02. The first-order valence-corrected chi connectivity index (χ1v) is 5.95. The topological polar surface area (TPSA) is 58.9 Å². The monoisotopic (exact) mass is 218 g/mol. The van der Waals surface area contributed by atoms with Crippen LogP contribution in [0.2, 0.25) is 0 Å². The normalized spacial score (nSPS) is 8.62. The zero-order valence-corrected chi connectivity index (χ0v) is 8.70. The van der Waals surface area contributed by atoms with Crippen LogP contribution in [0.15, 0.2) is 9.98 Å². The molecule has 0 fully saturated rings. The number of carbonyl (C=O) groups excluding carboxylic acids is 2. The number of aliphatic imine (C=N–C) groups is 2. The maximum absolute atomic E-state index is 9.66. The Bertz CT molecular complexity index is 189. The van der Waals surface area contributed by atoms with Gasteiger partial charge < -0.3 is 0 Å². The molecule has 0 spiro atoms. The van der Waals surface area contributed by atoms with Crippen molar-refractivity contribution in [3.8, 4) is 0 Å². The van der Waals surface area contributed by atoms with Crippen molar-refractivity contribution in [2.24, 2.45) is 9.98 Å². The van der Waals surface area contributed by atoms with Gasteiger partial charge in [-0.05, 0) is 0 Å². The number of nitrogens with zero attached hydrogens (tertiary/aromatic N) is 2. The second-order valence-corrected chi connectivity index (χ2v) is 4.17. The minimum absolute atomic E-state index is 0.483. The van der Waals surface area contributed by atoms with Gasteiger partial charge in [-0.25, -0.2) is 14.6 Å². The van der Waals surface area contributed by atoms with Gasteiger partial charge in [0.2, 0.25) is 12.2 Å². The number of thioether (sulfide) groups is 2. The zero-order valence-electron chi connectivity index (χ0n) is 7.06. The first kappa shape index (κ1) is 12.5. The fourth-order valence-electron chi connectivity index (χ4n) is 0.512. The van der Waals surface area contributed by atoms with Crippen molar-refractivity contribution in [1.82, 2.24) is 0 Å². The number of isocyanates is 2. The average molecular weight is 218 g/mol. The van der Waals surface area contributed by atoms with E-state index >= 15 is 0 Å². The van der Waals surface area contributed by atoms with Crippen molar-refractivity contribution in [2.45, 2.75) is 0 Å². The van der Waals surface area contributed by atoms with Gasteiger partial charge in [-0.3, -0.25) is 0 Å². The molecule has 0 aliphatic heterocycles. The molecule has 0 heterocycles. The minimum atomic E-state index is 0.483. The summed E-state index contributed by atoms with van der Waals surface area (Å²) in [5.74, 6) is 3.25. The standard InChI is InChI=1S/C7H10N2O2S2/c10-5-8-1-2-12-3-4-13-7-9-6-11/h1-4,7H2. The van der Waals surface area contributed by atoms with E-state index in [9.17, 15) is 9.59 Å². The lowest BCUT2D eigenvalue weighted by molar-refractivity contribution is 0.563. The second-order valence-electron chi connectivity index (χ2n) is 1.87. The lowest BCUT2D eigenvalue weighted by atomic mass is 10.8. The van der Waals surface area contributed by atoms with E-state index < -0.39 is 0 Å². The lowest BCUT2D eigenvalue weighted by Gasteiger charge is -1.96. The number of rotatable bonds is 8. The Hall–Kier alpha value is -0.540. The first-order chi connectivity index (χ1) is 6.41. The van der Waals surface area contributed by atoms with Gasteiger partial charge in [-0.2, -0.15) is 16.8 Å². The van der Waals surface area contributed by atoms with Gasteiger partial charge in [-0.15, -0.1) is 11.8 Å². The molecule has 0 aromatic rings. The summed E-state index contributed by atoms with van der Waals surface area (Å²) in [5.41, 5.74) is 0. The smallest absolute Gasteiger partial charge is 0.211 e. The summed E-state index contributed by atoms with van der Waals surface area (Å²) in [5, 5.41) is 0. The van der Waals surface area contributed by atoms with Crippen LogP contribution in [-0.4, -0.2) is 41.8 Å². The molecule has 0 atom stereocenters. The van der Waals surface area contributed by atoms with Gasteiger partial charge >= 0.3 is 0 Å². The Kier molecular flexibility index (Phi) is 11.0. The summed E-state index contributed by atoms with van der Waals surface area (Å²) in [7, 11) is 0. The maximum atomic E-state index is 9.66. The third-order valence-corrected chi connectivity index (χ3v) is 3.03. The fourth-order valence-corrected chi connectivity index (χ4v) is 2.15. The second kappa shape index (κ2) is 11.5. The van der Waals surface area contributed by atoms with Crippen LogP contribution in [-0.2, 0) is 9.59 Å². The molecule has 0 saturated carbocycles. The van der Waals surface area contributed by atoms with Crippen LogP contribution < -0.4 is 0 Å². The van der Waals surface area contributed by atoms with E-state index in [0.717, 1.165) is 17.3 Å². The summed E-state index contributed by atoms with van der Waals surface area (Å²) in [4.78, 5) is 26.1. The summed E-state index contributed by atoms with van der Waals surface area (Å²) in [6, 6.07) is 0. The van der Waals surface area contributed by atoms with Gasteiger partial charge in [0.25, 0.3) is 0 Å². The Morgan fingerprint density at radius 2 is 1.62 bits per heavy atom. The van der Waals surface area contributed by atoms with Crippen molar-refractivity contribution >= 4 is 35.7 Å². The van der Waals surface area contributed by atoms with E-state index in [4.69, 9.17) is 0 Å². The van der Waals surface area contributed by atoms with Gasteiger partial charge in [0.15, 0.2) is 0 Å². The molecule has 0 aliphatic carbocycles. The molecule has 0 aromatic heterocycles. The lowest BCUT2D eigenvalue weighted by Crippen LogP contribution is -1.90. The summed E-state index contributed by atoms with van der Waals surface area (Å²) >= 11 is 3.30. The Labute approximate surface area is 85.3 Å². The fraction of sp³-hybridized carbons (Fsp3) is 0.714. The molecule has 72 valence electrons. The SMILES string of the molecule is O=C=NCCSCCSCN=C=O. The van der Waals surface area contributed by atoms with E-state index in [2.05, 4.69) is 9.98 Å². The van der Waals surface area contributed by atoms with Gasteiger partial charge in [0, 0.05) is 17.3 Å². The maximum Gasteiger partial charge on any atom is 0.235 e. The molecule has 0 amide bonds. The highest BCUT2D eigenvalue weighted by Gasteiger charge is 1.89. The Morgan fingerprint density at radius 1 is 0.923 bits per heavy atom. The molecule has 0 aliphatic rings. The highest BCUT2D eigenvalue weighted by atomic mass is 32.2. The van der Waals surface area contributed by atoms with Crippen LogP contribution >= 0.6 is 23.5 Å². The quantitative estimate of drug-likeness (QED) is 0.347. The third kappa shape index (κ3) is 11.5. The molecule has 4 nitrogen and oxygen atoms in total. The molecule has 13 heavy (non-hydrogen) atoms. The predicted octanol–water partition coefficient (Wildman–Crippen LogP) is 1.08. The van der Waals surface area contributed by atoms with Crippen molar-refractivity contribution in [2.75, 3.05) is 29.7 Å². The molecule has 6 heteroatoms. The van der Waals surface area contributed by atoms with Crippen LogP contribution in [0.3, 0.4) is 0 Å². The van der Waals surface area contributed by atoms with Crippen LogP contribution in [0, 0.1) is 0 Å². The Balaban J connectivity index is 2.99. The zero-order chi connectivity index (χ0) is 9.78. The van der Waals surface area contributed by atoms with Crippen LogP contribution in [0.5, 0.6) is 0 Å². The van der Waals surface area contributed by atoms with E-state index in [1.165, 1.54) is 12.2 Å². The summed E-state index contributed by atoms with van der Waals surface area (Å²) in [6.07, 6.45) is 2.96. The molecule has 0 unspecified atom stereocenters. The van der Waals surface area contributed by atoms with E-state index in [0.29, 0.717) is 12.4 Å². The molecule has 0 rings (SSSR count). The molecular weight excluding hydrogens is 208 g/mol. The Morgan fingerprint density at radius 3 is 2.31 bits per heavy atom. The van der Waals surface area contributed by atoms with Crippen LogP contribution in [0.4, 0.5) is 0 Å². The summed E-state index contributed by atoms with van der Waals surface area (Å²) in [6.45, 7) is 0.533. The number of hydrogen-bond donors (Lipinski definition) is 0. The van der Waals surface area contributed by atoms with Crippen molar-refractivity contribution in [1.29, 1.82) is 0 Å². The third-order valence-electron chi connectivity index (χ3n) is 1.00. The predicted molar refractivity (Wildman–Crippen MR) is 55.8 cm³/mol. The van der Waals surface area contributed by atoms with E-state index in [1.807, 2.05) is 0 Å². The largest absolute Gasteiger partial charge is 0.235 e. The summed E-state index contributed by atoms with van der Waals surface area (Å²) < 4.78 is 0. The minimum Gasteiger partial charge on any atom is -0.211 e. The van der Waals surface area contributed by atoms with Crippen LogP contribution in [0.25, 0.3) is 0 Å². The van der Waals surface area contributed by atoms with Crippen LogP contribution in [0.1, 0.15) is 0 Å². The van der Waals surface area contributed by atoms with Gasteiger partial charge in [0.1, 0.15) is 0 Å². The van der Waals surface area contributed by atoms with E-state index in [1.54, 1.807) is 23.5 Å². The van der Waals surface area contributed by atoms with Crippen molar-refractivity contribution < 1.29 is 9.59 Å². The highest BCUT2D eigenvalue weighted by Crippen LogP contribution is 2.06. The van der Waals surface area contributed by atoms with Crippen molar-refractivity contribution in [3.05, 3.63) is 0 Å². The van der Waals surface area contributed by atoms with Gasteiger partial charge in [-0.1, -0.05) is 0 Å². The van der Waals surface area contributed by atoms with Crippen molar-refractivity contribution in [3.63, 3.8) is 0 Å². The molecule has 0 N–H and O–H groups in total.